The van der Waals surface area contributed by atoms with Crippen LogP contribution in [0.25, 0.3) is 22.3 Å². The van der Waals surface area contributed by atoms with Crippen LogP contribution in [0, 0.1) is 24.7 Å². The number of carbonyl (C=O) groups excluding carboxylic acids is 1. The molecule has 2 saturated heterocycles. The Hall–Kier alpha value is -5.54. The number of amides is 1. The fourth-order valence-corrected chi connectivity index (χ4v) is 9.17. The topological polar surface area (TPSA) is 159 Å². The van der Waals surface area contributed by atoms with Crippen molar-refractivity contribution in [3.8, 4) is 22.3 Å². The quantitative estimate of drug-likeness (QED) is 0.127. The maximum atomic E-state index is 13.7. The normalized spacial score (nSPS) is 22.2. The number of nitrogens with zero attached hydrogens (tertiary/aromatic N) is 5. The Morgan fingerprint density at radius 2 is 1.29 bits per heavy atom. The van der Waals surface area contributed by atoms with Gasteiger partial charge in [0.25, 0.3) is 11.8 Å². The highest BCUT2D eigenvalue weighted by atomic mass is 19.3. The van der Waals surface area contributed by atoms with Crippen LogP contribution in [0.4, 0.5) is 31.5 Å². The lowest BCUT2D eigenvalue weighted by Gasteiger charge is -2.52. The Bertz CT molecular complexity index is 2510. The zero-order valence-electron chi connectivity index (χ0n) is 36.2. The molecule has 1 amide bonds. The molecule has 7 heterocycles. The number of hydrogen-bond acceptors (Lipinski definition) is 11. The van der Waals surface area contributed by atoms with Gasteiger partial charge in [0.1, 0.15) is 17.9 Å². The van der Waals surface area contributed by atoms with E-state index < -0.39 is 35.1 Å². The molecule has 4 unspecified atom stereocenters. The van der Waals surface area contributed by atoms with Gasteiger partial charge in [-0.25, -0.2) is 0 Å². The largest absolute Gasteiger partial charge is 0.399 e. The van der Waals surface area contributed by atoms with Crippen molar-refractivity contribution in [1.82, 2.24) is 15.0 Å². The first-order valence-corrected chi connectivity index (χ1v) is 21.0. The van der Waals surface area contributed by atoms with Gasteiger partial charge in [0.2, 0.25) is 0 Å². The number of nitrogen functional groups attached to an aromatic ring is 1. The van der Waals surface area contributed by atoms with Gasteiger partial charge in [-0.15, -0.1) is 0 Å². The minimum Gasteiger partial charge on any atom is -0.399 e. The zero-order chi connectivity index (χ0) is 44.3. The summed E-state index contributed by atoms with van der Waals surface area (Å²) in [5, 5.41) is 24.8. The number of pyridine rings is 3. The fourth-order valence-electron chi connectivity index (χ4n) is 9.17. The number of aliphatic hydroxyl groups excluding tert-OH is 2. The monoisotopic (exact) mass is 847 g/mol. The molecule has 0 bridgehead atoms. The second-order valence-electron chi connectivity index (χ2n) is 18.1. The zero-order valence-corrected chi connectivity index (χ0v) is 36.2. The van der Waals surface area contributed by atoms with Crippen LogP contribution < -0.4 is 20.9 Å². The number of aryl methyl sites for hydroxylation is 2. The van der Waals surface area contributed by atoms with Gasteiger partial charge in [-0.05, 0) is 84.6 Å². The van der Waals surface area contributed by atoms with Crippen LogP contribution in [-0.2, 0) is 15.4 Å². The van der Waals surface area contributed by atoms with E-state index >= 15 is 0 Å². The summed E-state index contributed by atoms with van der Waals surface area (Å²) in [7, 11) is 0. The van der Waals surface area contributed by atoms with Crippen LogP contribution in [0.3, 0.4) is 0 Å². The minimum absolute atomic E-state index is 0.0215. The van der Waals surface area contributed by atoms with Crippen LogP contribution in [0.5, 0.6) is 0 Å². The molecule has 9 rings (SSSR count). The van der Waals surface area contributed by atoms with E-state index in [1.165, 1.54) is 12.3 Å². The lowest BCUT2D eigenvalue weighted by Crippen LogP contribution is -2.58. The molecule has 4 atom stereocenters. The first-order chi connectivity index (χ1) is 29.4. The number of anilines is 4. The Labute approximate surface area is 361 Å². The first-order valence-electron chi connectivity index (χ1n) is 21.0. The van der Waals surface area contributed by atoms with Gasteiger partial charge in [-0.3, -0.25) is 19.7 Å². The highest BCUT2D eigenvalue weighted by Gasteiger charge is 2.50. The number of rotatable bonds is 5. The Morgan fingerprint density at radius 3 is 1.82 bits per heavy atom. The van der Waals surface area contributed by atoms with Crippen LogP contribution in [0.2, 0.25) is 0 Å². The van der Waals surface area contributed by atoms with Crippen LogP contribution in [0.1, 0.15) is 85.4 Å². The number of nitrogens with two attached hydrogens (primary N) is 1. The second-order valence-corrected chi connectivity index (χ2v) is 18.1. The molecule has 0 aliphatic carbocycles. The van der Waals surface area contributed by atoms with E-state index in [9.17, 15) is 23.8 Å². The number of hydrogen-bond donors (Lipinski definition) is 4. The molecule has 0 radical (unpaired) electrons. The second kappa shape index (κ2) is 16.3. The number of alkyl halides is 2. The van der Waals surface area contributed by atoms with Gasteiger partial charge in [-0.1, -0.05) is 39.8 Å². The van der Waals surface area contributed by atoms with Gasteiger partial charge in [0.15, 0.2) is 0 Å². The molecule has 5 aromatic rings. The molecule has 0 spiro atoms. The van der Waals surface area contributed by atoms with E-state index in [0.717, 1.165) is 75.7 Å². The summed E-state index contributed by atoms with van der Waals surface area (Å²) in [4.78, 5) is 30.5. The van der Waals surface area contributed by atoms with Gasteiger partial charge < -0.3 is 40.5 Å². The smallest absolute Gasteiger partial charge is 0.286 e. The number of fused-ring (bicyclic) bond motifs is 6. The summed E-state index contributed by atoms with van der Waals surface area (Å²) in [6, 6.07) is 18.3. The summed E-state index contributed by atoms with van der Waals surface area (Å²) >= 11 is 0. The number of carbonyl (C=O) groups is 1. The van der Waals surface area contributed by atoms with Crippen LogP contribution in [-0.4, -0.2) is 82.7 Å². The van der Waals surface area contributed by atoms with Gasteiger partial charge in [0, 0.05) is 77.5 Å². The predicted molar refractivity (Wildman–Crippen MR) is 236 cm³/mol. The maximum Gasteiger partial charge on any atom is 0.286 e. The predicted octanol–water partition coefficient (Wildman–Crippen LogP) is 8.01. The number of aliphatic hydroxyl groups is 2. The lowest BCUT2D eigenvalue weighted by atomic mass is 9.73. The third-order valence-corrected chi connectivity index (χ3v) is 13.2. The first kappa shape index (κ1) is 43.1. The van der Waals surface area contributed by atoms with Gasteiger partial charge >= 0.3 is 0 Å². The highest BCUT2D eigenvalue weighted by Crippen LogP contribution is 2.50. The number of aromatic nitrogens is 3. The maximum absolute atomic E-state index is 13.7. The van der Waals surface area contributed by atoms with Crippen molar-refractivity contribution >= 4 is 28.7 Å². The van der Waals surface area contributed by atoms with Crippen molar-refractivity contribution in [2.24, 2.45) is 10.8 Å². The molecular weight excluding hydrogens is 793 g/mol. The summed E-state index contributed by atoms with van der Waals surface area (Å²) in [6.07, 6.45) is 3.45. The van der Waals surface area contributed by atoms with Gasteiger partial charge in [0.05, 0.1) is 61.3 Å². The number of halogens is 2. The third kappa shape index (κ3) is 7.89. The standard InChI is InChI=1S/C28H30F2N4O3.C20H25N3O2/c1-16-5-6-19(33-26(36)17-7-8-31-22(12-17)28(4,29)30)13-20(16)18-11-21-24(32-14-18)25(35)27(2,3)23-15-37-10-9-34(21)23;1-12-4-5-14(21)9-15(12)13-8-16-18(22-10-13)19(24)20(2,3)17-11-25-7-6-23(16)17/h5-8,11-14,23,25,35H,9-10,15H2,1-4H3,(H,33,36);4-5,8-10,17,19,24H,6-7,11,21H2,1-3H3. The van der Waals surface area contributed by atoms with E-state index in [4.69, 9.17) is 15.2 Å². The number of nitrogens with one attached hydrogen (secondary N) is 1. The average Bonchev–Trinajstić information content (AvgIpc) is 3.26. The summed E-state index contributed by atoms with van der Waals surface area (Å²) in [5.74, 6) is -3.65. The van der Waals surface area contributed by atoms with Gasteiger partial charge in [-0.2, -0.15) is 8.78 Å². The van der Waals surface area contributed by atoms with Crippen LogP contribution >= 0.6 is 0 Å². The third-order valence-electron chi connectivity index (χ3n) is 13.2. The fraction of sp³-hybridized carbons (Fsp3) is 0.417. The molecule has 2 aromatic carbocycles. The Kier molecular flexibility index (Phi) is 11.3. The molecule has 2 fully saturated rings. The molecule has 326 valence electrons. The molecular formula is C48H55F2N7O5. The van der Waals surface area contributed by atoms with Crippen molar-refractivity contribution in [2.75, 3.05) is 60.4 Å². The number of benzene rings is 2. The summed E-state index contributed by atoms with van der Waals surface area (Å²) < 4.78 is 38.8. The van der Waals surface area contributed by atoms with Crippen molar-refractivity contribution in [2.45, 2.75) is 78.7 Å². The number of ether oxygens (including phenoxy) is 2. The highest BCUT2D eigenvalue weighted by molar-refractivity contribution is 6.04. The molecule has 4 aliphatic rings. The van der Waals surface area contributed by atoms with E-state index in [1.54, 1.807) is 12.3 Å². The molecule has 4 aliphatic heterocycles. The molecule has 3 aromatic heterocycles. The van der Waals surface area contributed by atoms with Crippen molar-refractivity contribution in [1.29, 1.82) is 0 Å². The molecule has 12 nitrogen and oxygen atoms in total. The minimum atomic E-state index is -3.14. The lowest BCUT2D eigenvalue weighted by molar-refractivity contribution is -0.0288. The average molecular weight is 848 g/mol. The molecule has 14 heteroatoms. The summed E-state index contributed by atoms with van der Waals surface area (Å²) in [6.45, 7) is 17.0. The Balaban J connectivity index is 0.000000184. The van der Waals surface area contributed by atoms with Crippen molar-refractivity contribution in [3.05, 3.63) is 113 Å². The van der Waals surface area contributed by atoms with Crippen LogP contribution in [0.15, 0.2) is 79.3 Å². The van der Waals surface area contributed by atoms with Crippen molar-refractivity contribution in [3.63, 3.8) is 0 Å². The molecule has 0 saturated carbocycles. The summed E-state index contributed by atoms with van der Waals surface area (Å²) in [5.41, 5.74) is 15.4. The SMILES string of the molecule is Cc1ccc(N)cc1-c1cnc2c(c1)N1CCOCC1C(C)(C)C2O.Cc1ccc(NC(=O)c2ccnc(C(C)(F)F)c2)cc1-c1cnc2c(c1)N1CCOCC1C(C)(C)C2O. The van der Waals surface area contributed by atoms with E-state index in [2.05, 4.69) is 56.9 Å². The van der Waals surface area contributed by atoms with E-state index in [-0.39, 0.29) is 23.1 Å². The number of morpholine rings is 2. The Morgan fingerprint density at radius 1 is 0.774 bits per heavy atom. The molecule has 5 N–H and O–H groups in total. The van der Waals surface area contributed by atoms with E-state index in [1.807, 2.05) is 63.4 Å². The molecule has 62 heavy (non-hydrogen) atoms. The van der Waals surface area contributed by atoms with Crippen molar-refractivity contribution < 1.29 is 33.3 Å². The van der Waals surface area contributed by atoms with E-state index in [0.29, 0.717) is 44.4 Å².